The number of unbranched alkanes of at least 4 members (excludes halogenated alkanes) is 8. The van der Waals surface area contributed by atoms with Crippen molar-refractivity contribution in [2.45, 2.75) is 70.8 Å². The Morgan fingerprint density at radius 1 is 0.583 bits per heavy atom. The SMILES string of the molecule is OCCCCCCCN(CCCCCCCO)Cc1ccccc1. The Bertz CT molecular complexity index is 353. The van der Waals surface area contributed by atoms with Gasteiger partial charge in [0.05, 0.1) is 0 Å². The van der Waals surface area contributed by atoms with Crippen LogP contribution in [-0.2, 0) is 6.54 Å². The molecule has 0 heterocycles. The summed E-state index contributed by atoms with van der Waals surface area (Å²) in [6.07, 6.45) is 11.7. The number of nitrogens with zero attached hydrogens (tertiary/aromatic N) is 1. The molecule has 138 valence electrons. The lowest BCUT2D eigenvalue weighted by Gasteiger charge is -2.22. The zero-order chi connectivity index (χ0) is 17.3. The molecule has 0 aromatic heterocycles. The molecule has 0 radical (unpaired) electrons. The lowest BCUT2D eigenvalue weighted by atomic mass is 10.1. The van der Waals surface area contributed by atoms with Gasteiger partial charge in [-0.25, -0.2) is 0 Å². The van der Waals surface area contributed by atoms with Gasteiger partial charge < -0.3 is 10.2 Å². The summed E-state index contributed by atoms with van der Waals surface area (Å²) >= 11 is 0. The highest BCUT2D eigenvalue weighted by molar-refractivity contribution is 5.14. The van der Waals surface area contributed by atoms with E-state index in [1.54, 1.807) is 0 Å². The van der Waals surface area contributed by atoms with Crippen LogP contribution in [0.25, 0.3) is 0 Å². The van der Waals surface area contributed by atoms with Crippen molar-refractivity contribution in [2.24, 2.45) is 0 Å². The molecule has 1 rings (SSSR count). The fourth-order valence-corrected chi connectivity index (χ4v) is 3.07. The second kappa shape index (κ2) is 15.6. The molecule has 0 saturated carbocycles. The molecule has 0 atom stereocenters. The van der Waals surface area contributed by atoms with Gasteiger partial charge in [-0.05, 0) is 44.3 Å². The molecule has 0 saturated heterocycles. The first kappa shape index (κ1) is 21.1. The highest BCUT2D eigenvalue weighted by Gasteiger charge is 2.06. The Morgan fingerprint density at radius 2 is 1.04 bits per heavy atom. The largest absolute Gasteiger partial charge is 0.396 e. The van der Waals surface area contributed by atoms with Crippen LogP contribution in [0, 0.1) is 0 Å². The lowest BCUT2D eigenvalue weighted by molar-refractivity contribution is 0.248. The van der Waals surface area contributed by atoms with Crippen molar-refractivity contribution < 1.29 is 10.2 Å². The van der Waals surface area contributed by atoms with Gasteiger partial charge in [0.25, 0.3) is 0 Å². The zero-order valence-electron chi connectivity index (χ0n) is 15.3. The van der Waals surface area contributed by atoms with E-state index in [-0.39, 0.29) is 0 Å². The van der Waals surface area contributed by atoms with Gasteiger partial charge in [0.2, 0.25) is 0 Å². The number of hydrogen-bond acceptors (Lipinski definition) is 3. The Balaban J connectivity index is 2.24. The second-order valence-corrected chi connectivity index (χ2v) is 6.74. The maximum absolute atomic E-state index is 8.83. The molecule has 0 spiro atoms. The van der Waals surface area contributed by atoms with Crippen molar-refractivity contribution in [3.63, 3.8) is 0 Å². The molecule has 3 nitrogen and oxygen atoms in total. The van der Waals surface area contributed by atoms with Crippen molar-refractivity contribution in [3.8, 4) is 0 Å². The maximum Gasteiger partial charge on any atom is 0.0431 e. The Hall–Kier alpha value is -0.900. The van der Waals surface area contributed by atoms with E-state index in [9.17, 15) is 0 Å². The first-order valence-corrected chi connectivity index (χ1v) is 9.85. The van der Waals surface area contributed by atoms with E-state index >= 15 is 0 Å². The summed E-state index contributed by atoms with van der Waals surface area (Å²) < 4.78 is 0. The fourth-order valence-electron chi connectivity index (χ4n) is 3.07. The van der Waals surface area contributed by atoms with Gasteiger partial charge >= 0.3 is 0 Å². The molecule has 0 fully saturated rings. The van der Waals surface area contributed by atoms with Gasteiger partial charge in [-0.3, -0.25) is 4.90 Å². The molecule has 0 bridgehead atoms. The van der Waals surface area contributed by atoms with Crippen molar-refractivity contribution >= 4 is 0 Å². The lowest BCUT2D eigenvalue weighted by Crippen LogP contribution is -2.25. The molecule has 2 N–H and O–H groups in total. The van der Waals surface area contributed by atoms with Gasteiger partial charge in [-0.2, -0.15) is 0 Å². The van der Waals surface area contributed by atoms with E-state index in [1.165, 1.54) is 57.2 Å². The van der Waals surface area contributed by atoms with Gasteiger partial charge in [0.1, 0.15) is 0 Å². The van der Waals surface area contributed by atoms with E-state index in [0.29, 0.717) is 13.2 Å². The third kappa shape index (κ3) is 11.6. The van der Waals surface area contributed by atoms with E-state index < -0.39 is 0 Å². The minimum absolute atomic E-state index is 0.330. The predicted molar refractivity (Wildman–Crippen MR) is 102 cm³/mol. The van der Waals surface area contributed by atoms with Crippen LogP contribution in [-0.4, -0.2) is 41.4 Å². The van der Waals surface area contributed by atoms with Gasteiger partial charge in [0, 0.05) is 19.8 Å². The van der Waals surface area contributed by atoms with Gasteiger partial charge in [-0.1, -0.05) is 68.9 Å². The molecule has 3 heteroatoms. The van der Waals surface area contributed by atoms with Crippen molar-refractivity contribution in [1.82, 2.24) is 4.90 Å². The van der Waals surface area contributed by atoms with Crippen LogP contribution in [0.4, 0.5) is 0 Å². The van der Waals surface area contributed by atoms with Crippen LogP contribution in [0.15, 0.2) is 30.3 Å². The van der Waals surface area contributed by atoms with Crippen LogP contribution in [0.3, 0.4) is 0 Å². The monoisotopic (exact) mass is 335 g/mol. The summed E-state index contributed by atoms with van der Waals surface area (Å²) in [5, 5.41) is 17.7. The molecule has 0 aliphatic heterocycles. The van der Waals surface area contributed by atoms with Gasteiger partial charge in [-0.15, -0.1) is 0 Å². The quantitative estimate of drug-likeness (QED) is 0.441. The van der Waals surface area contributed by atoms with Crippen LogP contribution in [0.1, 0.15) is 69.8 Å². The number of hydrogen-bond donors (Lipinski definition) is 2. The summed E-state index contributed by atoms with van der Waals surface area (Å²) in [7, 11) is 0. The minimum atomic E-state index is 0.330. The summed E-state index contributed by atoms with van der Waals surface area (Å²) in [4.78, 5) is 2.59. The van der Waals surface area contributed by atoms with E-state index in [4.69, 9.17) is 10.2 Å². The highest BCUT2D eigenvalue weighted by atomic mass is 16.3. The number of benzene rings is 1. The first-order chi connectivity index (χ1) is 11.9. The topological polar surface area (TPSA) is 43.7 Å². The Kier molecular flexibility index (Phi) is 13.8. The van der Waals surface area contributed by atoms with Crippen molar-refractivity contribution in [1.29, 1.82) is 0 Å². The predicted octanol–water partition coefficient (Wildman–Crippen LogP) is 4.37. The Morgan fingerprint density at radius 3 is 1.54 bits per heavy atom. The van der Waals surface area contributed by atoms with E-state index in [0.717, 1.165) is 32.2 Å². The standard InChI is InChI=1S/C21H37NO2/c23-18-12-5-1-3-10-16-22(17-11-4-2-6-13-19-24)20-21-14-8-7-9-15-21/h7-9,14-15,23-24H,1-6,10-13,16-20H2. The molecule has 1 aromatic rings. The third-order valence-corrected chi connectivity index (χ3v) is 4.51. The van der Waals surface area contributed by atoms with Crippen LogP contribution < -0.4 is 0 Å². The van der Waals surface area contributed by atoms with Gasteiger partial charge in [0.15, 0.2) is 0 Å². The molecule has 0 aliphatic rings. The minimum Gasteiger partial charge on any atom is -0.396 e. The Labute approximate surface area is 148 Å². The van der Waals surface area contributed by atoms with E-state index in [2.05, 4.69) is 35.2 Å². The number of rotatable bonds is 16. The normalized spacial score (nSPS) is 11.3. The second-order valence-electron chi connectivity index (χ2n) is 6.74. The smallest absolute Gasteiger partial charge is 0.0431 e. The van der Waals surface area contributed by atoms with E-state index in [1.807, 2.05) is 0 Å². The first-order valence-electron chi connectivity index (χ1n) is 9.85. The van der Waals surface area contributed by atoms with Crippen molar-refractivity contribution in [2.75, 3.05) is 26.3 Å². The maximum atomic E-state index is 8.83. The molecule has 0 amide bonds. The van der Waals surface area contributed by atoms with Crippen LogP contribution in [0.5, 0.6) is 0 Å². The average Bonchev–Trinajstić information content (AvgIpc) is 2.61. The summed E-state index contributed by atoms with van der Waals surface area (Å²) in [5.41, 5.74) is 1.40. The highest BCUT2D eigenvalue weighted by Crippen LogP contribution is 2.11. The molecule has 1 aromatic carbocycles. The molecular formula is C21H37NO2. The van der Waals surface area contributed by atoms with Crippen LogP contribution >= 0.6 is 0 Å². The van der Waals surface area contributed by atoms with Crippen molar-refractivity contribution in [3.05, 3.63) is 35.9 Å². The number of aliphatic hydroxyl groups is 2. The average molecular weight is 336 g/mol. The zero-order valence-corrected chi connectivity index (χ0v) is 15.3. The fraction of sp³-hybridized carbons (Fsp3) is 0.714. The molecule has 0 aliphatic carbocycles. The summed E-state index contributed by atoms with van der Waals surface area (Å²) in [6, 6.07) is 10.8. The summed E-state index contributed by atoms with van der Waals surface area (Å²) in [5.74, 6) is 0. The number of aliphatic hydroxyl groups excluding tert-OH is 2. The molecule has 0 unspecified atom stereocenters. The molecule has 24 heavy (non-hydrogen) atoms. The summed E-state index contributed by atoms with van der Waals surface area (Å²) in [6.45, 7) is 4.05. The van der Waals surface area contributed by atoms with Crippen LogP contribution in [0.2, 0.25) is 0 Å². The third-order valence-electron chi connectivity index (χ3n) is 4.51. The molecular weight excluding hydrogens is 298 g/mol.